The lowest BCUT2D eigenvalue weighted by Crippen LogP contribution is -1.99. The molecule has 0 radical (unpaired) electrons. The van der Waals surface area contributed by atoms with Crippen molar-refractivity contribution in [3.05, 3.63) is 30.3 Å². The van der Waals surface area contributed by atoms with E-state index in [-0.39, 0.29) is 0 Å². The summed E-state index contributed by atoms with van der Waals surface area (Å²) in [6.07, 6.45) is 4.47. The summed E-state index contributed by atoms with van der Waals surface area (Å²) in [6, 6.07) is 9.83. The molecule has 1 rings (SSSR count). The molecule has 16 heavy (non-hydrogen) atoms. The third kappa shape index (κ3) is 5.54. The molecule has 0 atom stereocenters. The van der Waals surface area contributed by atoms with Crippen LogP contribution in [0.1, 0.15) is 39.0 Å². The SMILES string of the molecule is CCC(=O)CCCCCOc1ccccc1. The molecule has 0 aliphatic rings. The minimum atomic E-state index is 0.365. The fourth-order valence-corrected chi connectivity index (χ4v) is 1.48. The molecule has 2 heteroatoms. The number of carbonyl (C=O) groups is 1. The summed E-state index contributed by atoms with van der Waals surface area (Å²) in [4.78, 5) is 11.0. The van der Waals surface area contributed by atoms with Crippen molar-refractivity contribution >= 4 is 5.78 Å². The Morgan fingerprint density at radius 2 is 1.88 bits per heavy atom. The van der Waals surface area contributed by atoms with Gasteiger partial charge in [-0.1, -0.05) is 25.1 Å². The molecular formula is C14H20O2. The summed E-state index contributed by atoms with van der Waals surface area (Å²) in [5.74, 6) is 1.29. The Kier molecular flexibility index (Phi) is 6.31. The molecule has 88 valence electrons. The van der Waals surface area contributed by atoms with Crippen LogP contribution >= 0.6 is 0 Å². The minimum Gasteiger partial charge on any atom is -0.494 e. The monoisotopic (exact) mass is 220 g/mol. The Morgan fingerprint density at radius 3 is 2.56 bits per heavy atom. The Hall–Kier alpha value is -1.31. The maximum Gasteiger partial charge on any atom is 0.132 e. The van der Waals surface area contributed by atoms with Crippen LogP contribution in [0.3, 0.4) is 0 Å². The van der Waals surface area contributed by atoms with E-state index in [2.05, 4.69) is 0 Å². The van der Waals surface area contributed by atoms with Gasteiger partial charge < -0.3 is 4.74 Å². The van der Waals surface area contributed by atoms with Gasteiger partial charge in [0.2, 0.25) is 0 Å². The van der Waals surface area contributed by atoms with Crippen LogP contribution in [0, 0.1) is 0 Å². The van der Waals surface area contributed by atoms with Crippen LogP contribution in [0.15, 0.2) is 30.3 Å². The molecule has 0 heterocycles. The number of ketones is 1. The second kappa shape index (κ2) is 7.91. The molecular weight excluding hydrogens is 200 g/mol. The highest BCUT2D eigenvalue weighted by atomic mass is 16.5. The van der Waals surface area contributed by atoms with Gasteiger partial charge in [0.25, 0.3) is 0 Å². The Morgan fingerprint density at radius 1 is 1.12 bits per heavy atom. The van der Waals surface area contributed by atoms with Crippen molar-refractivity contribution in [2.24, 2.45) is 0 Å². The number of rotatable bonds is 8. The Labute approximate surface area is 97.6 Å². The molecule has 0 aromatic heterocycles. The number of hydrogen-bond acceptors (Lipinski definition) is 2. The predicted molar refractivity (Wildman–Crippen MR) is 65.7 cm³/mol. The number of benzene rings is 1. The highest BCUT2D eigenvalue weighted by Crippen LogP contribution is 2.09. The number of hydrogen-bond donors (Lipinski definition) is 0. The third-order valence-corrected chi connectivity index (χ3v) is 2.51. The molecule has 0 fully saturated rings. The van der Waals surface area contributed by atoms with E-state index in [0.717, 1.165) is 38.0 Å². The van der Waals surface area contributed by atoms with Crippen molar-refractivity contribution in [3.8, 4) is 5.75 Å². The topological polar surface area (TPSA) is 26.3 Å². The first-order valence-corrected chi connectivity index (χ1v) is 6.02. The van der Waals surface area contributed by atoms with Crippen LogP contribution in [0.5, 0.6) is 5.75 Å². The highest BCUT2D eigenvalue weighted by molar-refractivity contribution is 5.77. The molecule has 0 unspecified atom stereocenters. The van der Waals surface area contributed by atoms with Gasteiger partial charge in [-0.2, -0.15) is 0 Å². The first-order chi connectivity index (χ1) is 7.83. The van der Waals surface area contributed by atoms with Gasteiger partial charge in [0.05, 0.1) is 6.61 Å². The molecule has 0 bridgehead atoms. The van der Waals surface area contributed by atoms with E-state index in [4.69, 9.17) is 4.74 Å². The van der Waals surface area contributed by atoms with E-state index in [1.165, 1.54) is 0 Å². The lowest BCUT2D eigenvalue weighted by Gasteiger charge is -2.05. The smallest absolute Gasteiger partial charge is 0.132 e. The van der Waals surface area contributed by atoms with E-state index in [9.17, 15) is 4.79 Å². The van der Waals surface area contributed by atoms with Crippen molar-refractivity contribution in [2.75, 3.05) is 6.61 Å². The summed E-state index contributed by atoms with van der Waals surface area (Å²) in [7, 11) is 0. The van der Waals surface area contributed by atoms with Gasteiger partial charge in [-0.15, -0.1) is 0 Å². The van der Waals surface area contributed by atoms with Crippen molar-refractivity contribution in [1.82, 2.24) is 0 Å². The second-order valence-corrected chi connectivity index (χ2v) is 3.86. The standard InChI is InChI=1S/C14H20O2/c1-2-13(15)9-5-4-8-12-16-14-10-6-3-7-11-14/h3,6-7,10-11H,2,4-5,8-9,12H2,1H3. The third-order valence-electron chi connectivity index (χ3n) is 2.51. The fourth-order valence-electron chi connectivity index (χ4n) is 1.48. The molecule has 0 aliphatic heterocycles. The molecule has 0 saturated carbocycles. The lowest BCUT2D eigenvalue weighted by atomic mass is 10.1. The van der Waals surface area contributed by atoms with E-state index >= 15 is 0 Å². The molecule has 2 nitrogen and oxygen atoms in total. The van der Waals surface area contributed by atoms with Gasteiger partial charge in [0.1, 0.15) is 11.5 Å². The fraction of sp³-hybridized carbons (Fsp3) is 0.500. The van der Waals surface area contributed by atoms with Gasteiger partial charge in [0, 0.05) is 12.8 Å². The normalized spacial score (nSPS) is 10.1. The van der Waals surface area contributed by atoms with Crippen molar-refractivity contribution in [3.63, 3.8) is 0 Å². The van der Waals surface area contributed by atoms with Crippen LogP contribution in [0.25, 0.3) is 0 Å². The molecule has 0 saturated heterocycles. The maximum absolute atomic E-state index is 11.0. The molecule has 0 aliphatic carbocycles. The van der Waals surface area contributed by atoms with Gasteiger partial charge in [0.15, 0.2) is 0 Å². The summed E-state index contributed by atoms with van der Waals surface area (Å²) < 4.78 is 5.55. The van der Waals surface area contributed by atoms with Gasteiger partial charge in [-0.3, -0.25) is 4.79 Å². The minimum absolute atomic E-state index is 0.365. The maximum atomic E-state index is 11.0. The average molecular weight is 220 g/mol. The van der Waals surface area contributed by atoms with E-state index < -0.39 is 0 Å². The zero-order chi connectivity index (χ0) is 11.6. The van der Waals surface area contributed by atoms with Crippen LogP contribution in [0.2, 0.25) is 0 Å². The molecule has 0 N–H and O–H groups in total. The summed E-state index contributed by atoms with van der Waals surface area (Å²) in [6.45, 7) is 2.66. The zero-order valence-corrected chi connectivity index (χ0v) is 9.95. The number of carbonyl (C=O) groups excluding carboxylic acids is 1. The quantitative estimate of drug-likeness (QED) is 0.626. The van der Waals surface area contributed by atoms with Crippen LogP contribution < -0.4 is 4.74 Å². The first kappa shape index (κ1) is 12.8. The largest absolute Gasteiger partial charge is 0.494 e. The average Bonchev–Trinajstić information content (AvgIpc) is 2.34. The predicted octanol–water partition coefficient (Wildman–Crippen LogP) is 3.60. The van der Waals surface area contributed by atoms with Crippen LogP contribution in [-0.4, -0.2) is 12.4 Å². The highest BCUT2D eigenvalue weighted by Gasteiger charge is 1.97. The first-order valence-electron chi connectivity index (χ1n) is 6.02. The second-order valence-electron chi connectivity index (χ2n) is 3.86. The summed E-state index contributed by atoms with van der Waals surface area (Å²) >= 11 is 0. The zero-order valence-electron chi connectivity index (χ0n) is 9.95. The van der Waals surface area contributed by atoms with Gasteiger partial charge in [-0.25, -0.2) is 0 Å². The van der Waals surface area contributed by atoms with E-state index in [1.54, 1.807) is 0 Å². The Bertz CT molecular complexity index is 293. The van der Waals surface area contributed by atoms with Crippen LogP contribution in [0.4, 0.5) is 0 Å². The van der Waals surface area contributed by atoms with E-state index in [0.29, 0.717) is 12.2 Å². The van der Waals surface area contributed by atoms with E-state index in [1.807, 2.05) is 37.3 Å². The molecule has 1 aromatic rings. The molecule has 0 amide bonds. The number of Topliss-reactive ketones (excluding diaryl/α,β-unsaturated/α-hetero) is 1. The van der Waals surface area contributed by atoms with Gasteiger partial charge in [-0.05, 0) is 31.4 Å². The van der Waals surface area contributed by atoms with Gasteiger partial charge >= 0.3 is 0 Å². The van der Waals surface area contributed by atoms with Crippen molar-refractivity contribution < 1.29 is 9.53 Å². The molecule has 1 aromatic carbocycles. The van der Waals surface area contributed by atoms with Crippen molar-refractivity contribution in [2.45, 2.75) is 39.0 Å². The molecule has 0 spiro atoms. The number of unbranched alkanes of at least 4 members (excludes halogenated alkanes) is 2. The number of para-hydroxylation sites is 1. The van der Waals surface area contributed by atoms with Crippen molar-refractivity contribution in [1.29, 1.82) is 0 Å². The lowest BCUT2D eigenvalue weighted by molar-refractivity contribution is -0.118. The van der Waals surface area contributed by atoms with Crippen LogP contribution in [-0.2, 0) is 4.79 Å². The summed E-state index contributed by atoms with van der Waals surface area (Å²) in [5, 5.41) is 0. The number of ether oxygens (including phenoxy) is 1. The summed E-state index contributed by atoms with van der Waals surface area (Å²) in [5.41, 5.74) is 0. The Balaban J connectivity index is 1.98.